The van der Waals surface area contributed by atoms with Gasteiger partial charge in [-0.3, -0.25) is 0 Å². The molecule has 0 bridgehead atoms. The molecule has 6 aromatic rings. The molecule has 6 aromatic heterocycles. The van der Waals surface area contributed by atoms with Gasteiger partial charge in [0.25, 0.3) is 23.7 Å². The highest BCUT2D eigenvalue weighted by Crippen LogP contribution is 2.50. The van der Waals surface area contributed by atoms with Crippen LogP contribution in [0.25, 0.3) is 22.1 Å². The van der Waals surface area contributed by atoms with Crippen molar-refractivity contribution in [2.45, 2.75) is 5.91 Å². The van der Waals surface area contributed by atoms with Crippen LogP contribution in [0.3, 0.4) is 0 Å². The molecule has 6 aliphatic rings. The Kier molecular flexibility index (Phi) is 2.50. The summed E-state index contributed by atoms with van der Waals surface area (Å²) in [6.07, 6.45) is 7.26. The molecule has 0 N–H and O–H groups in total. The van der Waals surface area contributed by atoms with Gasteiger partial charge in [-0.05, 0) is 9.98 Å². The number of hydrogen-bond acceptors (Lipinski definition) is 8. The largest absolute Gasteiger partial charge is 0.331 e. The van der Waals surface area contributed by atoms with Crippen LogP contribution in [-0.4, -0.2) is 68.7 Å². The molecule has 1 spiro atoms. The van der Waals surface area contributed by atoms with E-state index in [1.807, 2.05) is 71.8 Å². The molecule has 41 heavy (non-hydrogen) atoms. The van der Waals surface area contributed by atoms with Gasteiger partial charge in [-0.15, -0.1) is 0 Å². The lowest BCUT2D eigenvalue weighted by atomic mass is 10.3. The quantitative estimate of drug-likeness (QED) is 0.200. The van der Waals surface area contributed by atoms with Crippen LogP contribution in [0.1, 0.15) is 0 Å². The van der Waals surface area contributed by atoms with Gasteiger partial charge in [0.1, 0.15) is 22.1 Å². The Labute approximate surface area is 225 Å². The smallest absolute Gasteiger partial charge is 0.305 e. The van der Waals surface area contributed by atoms with E-state index in [0.717, 1.165) is 66.8 Å². The highest BCUT2D eigenvalue weighted by molar-refractivity contribution is 5.96. The fraction of sp³-hybridized carbons (Fsp3) is 0.200. The van der Waals surface area contributed by atoms with Crippen molar-refractivity contribution in [3.63, 3.8) is 0 Å². The molecule has 12 rings (SSSR count). The zero-order chi connectivity index (χ0) is 26.8. The fourth-order valence-electron chi connectivity index (χ4n) is 7.64. The van der Waals surface area contributed by atoms with Crippen molar-refractivity contribution < 1.29 is 4.58 Å². The molecule has 0 fully saturated rings. The summed E-state index contributed by atoms with van der Waals surface area (Å²) in [5, 5.41) is 1.67. The van der Waals surface area contributed by atoms with E-state index >= 15 is 0 Å². The Morgan fingerprint density at radius 1 is 0.707 bits per heavy atom. The lowest BCUT2D eigenvalue weighted by Gasteiger charge is -2.45. The van der Waals surface area contributed by atoms with E-state index < -0.39 is 5.91 Å². The van der Waals surface area contributed by atoms with Crippen LogP contribution in [0.2, 0.25) is 0 Å². The molecule has 0 saturated heterocycles. The highest BCUT2D eigenvalue weighted by atomic mass is 15.7. The van der Waals surface area contributed by atoms with E-state index in [4.69, 9.17) is 39.9 Å². The van der Waals surface area contributed by atoms with Crippen molar-refractivity contribution >= 4 is 69.4 Å². The first kappa shape index (κ1) is 19.3. The highest BCUT2D eigenvalue weighted by Gasteiger charge is 2.59. The number of imidazole rings is 2. The summed E-state index contributed by atoms with van der Waals surface area (Å²) in [7, 11) is 7.95. The van der Waals surface area contributed by atoms with Crippen LogP contribution >= 0.6 is 0 Å². The lowest BCUT2D eigenvalue weighted by molar-refractivity contribution is -0.397. The molecule has 0 saturated carbocycles. The van der Waals surface area contributed by atoms with Crippen LogP contribution in [0, 0.1) is 0 Å². The molecule has 12 heterocycles. The maximum Gasteiger partial charge on any atom is 0.305 e. The normalized spacial score (nSPS) is 20.3. The molecule has 16 nitrogen and oxygen atoms in total. The van der Waals surface area contributed by atoms with Crippen molar-refractivity contribution in [1.82, 2.24) is 41.9 Å². The molecule has 0 amide bonds. The van der Waals surface area contributed by atoms with E-state index in [-0.39, 0.29) is 0 Å². The molecular weight excluding hydrogens is 524 g/mol. The van der Waals surface area contributed by atoms with E-state index in [2.05, 4.69) is 18.3 Å². The Hall–Kier alpha value is -5.80. The maximum absolute atomic E-state index is 5.30. The zero-order valence-corrected chi connectivity index (χ0v) is 22.0. The number of aliphatic imine (C=N–C) groups is 1. The lowest BCUT2D eigenvalue weighted by Crippen LogP contribution is -2.70. The summed E-state index contributed by atoms with van der Waals surface area (Å²) >= 11 is 0. The first-order chi connectivity index (χ1) is 20.0. The summed E-state index contributed by atoms with van der Waals surface area (Å²) < 4.78 is 16.8. The predicted molar refractivity (Wildman–Crippen MR) is 142 cm³/mol. The summed E-state index contributed by atoms with van der Waals surface area (Å²) in [5.41, 5.74) is 7.94. The third-order valence-corrected chi connectivity index (χ3v) is 9.18. The average Bonchev–Trinajstić information content (AvgIpc) is 3.80. The molecule has 6 aliphatic heterocycles. The first-order valence-corrected chi connectivity index (χ1v) is 13.1. The van der Waals surface area contributed by atoms with Gasteiger partial charge >= 0.3 is 5.91 Å². The minimum Gasteiger partial charge on any atom is -0.331 e. The first-order valence-electron chi connectivity index (χ1n) is 13.1. The fourth-order valence-corrected chi connectivity index (χ4v) is 7.64. The van der Waals surface area contributed by atoms with E-state index in [1.54, 1.807) is 0 Å². The summed E-state index contributed by atoms with van der Waals surface area (Å²) in [6.45, 7) is 0. The third-order valence-electron chi connectivity index (χ3n) is 9.18. The molecule has 194 valence electrons. The number of hydrogen-bond donors (Lipinski definition) is 0. The second-order valence-corrected chi connectivity index (χ2v) is 11.2. The average molecular weight is 541 g/mol. The van der Waals surface area contributed by atoms with Gasteiger partial charge in [0, 0.05) is 14.1 Å². The number of nitrogens with zero attached hydrogens (tertiary/aromatic N) is 16. The number of aryl methyl sites for hydroxylation is 2. The van der Waals surface area contributed by atoms with Gasteiger partial charge in [-0.2, -0.15) is 0 Å². The van der Waals surface area contributed by atoms with Crippen LogP contribution in [-0.2, 0) is 20.0 Å². The third kappa shape index (κ3) is 1.57. The minimum absolute atomic E-state index is 0.715. The van der Waals surface area contributed by atoms with Gasteiger partial charge in [0.2, 0.25) is 11.0 Å². The second-order valence-electron chi connectivity index (χ2n) is 11.2. The van der Waals surface area contributed by atoms with Gasteiger partial charge in [0.05, 0.1) is 26.7 Å². The predicted octanol–water partition coefficient (Wildman–Crippen LogP) is -2.33. The van der Waals surface area contributed by atoms with Crippen LogP contribution in [0.4, 0.5) is 34.6 Å². The van der Waals surface area contributed by atoms with Crippen molar-refractivity contribution in [1.29, 1.82) is 0 Å². The van der Waals surface area contributed by atoms with E-state index in [9.17, 15) is 0 Å². The Morgan fingerprint density at radius 3 is 2.32 bits per heavy atom. The SMILES string of the molecule is Cn1cnc2c3n4c(c21)N=c1c2c(c5n1C41n4c(c6c(c4=N3)=[N+](C)C=N6)N=c3c4c(ncn4C)c(n31)=N5)[N+](C)=CN=2. The Balaban J connectivity index is 1.52. The number of aromatic nitrogens is 8. The molecule has 0 radical (unpaired) electrons. The number of rotatable bonds is 0. The summed E-state index contributed by atoms with van der Waals surface area (Å²) in [5.74, 6) is 1.84. The van der Waals surface area contributed by atoms with Gasteiger partial charge < -0.3 is 9.13 Å². The molecule has 0 aliphatic carbocycles. The second kappa shape index (κ2) is 5.32. The van der Waals surface area contributed by atoms with Crippen molar-refractivity contribution in [3.8, 4) is 0 Å². The topological polar surface area (TPSA) is 136 Å². The zero-order valence-electron chi connectivity index (χ0n) is 22.0. The molecule has 1 unspecified atom stereocenters. The Bertz CT molecular complexity index is 2900. The van der Waals surface area contributed by atoms with Gasteiger partial charge in [-0.1, -0.05) is 0 Å². The molecule has 0 aromatic carbocycles. The van der Waals surface area contributed by atoms with Crippen LogP contribution in [0.5, 0.6) is 0 Å². The van der Waals surface area contributed by atoms with E-state index in [0.29, 0.717) is 22.6 Å². The number of fused-ring (bicyclic) bond motifs is 12. The standard InChI is InChI=1S/C25H16N16/c1-34-5-26-9-13(34)21-30-18-10-14(35(2)6-27-10)23-32-20-12-16(37(4)8-29-12)24-33-19-11-15(36(3)7-28-11)22-31-17(9)38(21)25(39(18)23,40(19)22)41(20)24/h5-8H,1-4H3/q+2. The summed E-state index contributed by atoms with van der Waals surface area (Å²) in [6, 6.07) is 0. The molecular formula is C25H16N16+2. The van der Waals surface area contributed by atoms with Crippen molar-refractivity contribution in [2.75, 3.05) is 14.1 Å². The van der Waals surface area contributed by atoms with Crippen LogP contribution < -0.4 is 37.2 Å². The molecule has 16 heteroatoms. The molecule has 1 atom stereocenters. The summed E-state index contributed by atoms with van der Waals surface area (Å²) in [4.78, 5) is 40.5. The minimum atomic E-state index is -1.08. The monoisotopic (exact) mass is 540 g/mol. The van der Waals surface area contributed by atoms with Crippen molar-refractivity contribution in [2.24, 2.45) is 44.0 Å². The van der Waals surface area contributed by atoms with Crippen LogP contribution in [0.15, 0.2) is 42.6 Å². The Morgan fingerprint density at radius 2 is 1.44 bits per heavy atom. The van der Waals surface area contributed by atoms with Gasteiger partial charge in [0.15, 0.2) is 45.2 Å². The van der Waals surface area contributed by atoms with Crippen molar-refractivity contribution in [3.05, 3.63) is 45.3 Å². The maximum atomic E-state index is 5.30. The van der Waals surface area contributed by atoms with E-state index in [1.165, 1.54) is 0 Å². The van der Waals surface area contributed by atoms with Gasteiger partial charge in [-0.25, -0.2) is 57.4 Å².